The third-order valence-corrected chi connectivity index (χ3v) is 4.60. The number of hydrogen-bond donors (Lipinski definition) is 2. The normalized spacial score (nSPS) is 11.3. The molecule has 6 nitrogen and oxygen atoms in total. The number of hydrogen-bond acceptors (Lipinski definition) is 4. The molecule has 0 spiro atoms. The van der Waals surface area contributed by atoms with Gasteiger partial charge in [-0.3, -0.25) is 9.79 Å². The van der Waals surface area contributed by atoms with Crippen molar-refractivity contribution in [3.8, 4) is 0 Å². The molecule has 1 heterocycles. The highest BCUT2D eigenvalue weighted by molar-refractivity contribution is 7.09. The fraction of sp³-hybridized carbons (Fsp3) is 0.421. The topological polar surface area (TPSA) is 69.6 Å². The second-order valence-corrected chi connectivity index (χ2v) is 7.18. The minimum Gasteiger partial charge on any atom is -0.352 e. The van der Waals surface area contributed by atoms with Crippen molar-refractivity contribution in [3.63, 3.8) is 0 Å². The van der Waals surface area contributed by atoms with E-state index in [1.54, 1.807) is 18.4 Å². The van der Waals surface area contributed by atoms with E-state index in [9.17, 15) is 4.79 Å². The van der Waals surface area contributed by atoms with E-state index in [2.05, 4.69) is 26.0 Å². The smallest absolute Gasteiger partial charge is 0.224 e. The van der Waals surface area contributed by atoms with Gasteiger partial charge in [0.05, 0.1) is 17.2 Å². The number of aliphatic imine (C=N–C) groups is 1. The number of anilines is 1. The van der Waals surface area contributed by atoms with Crippen LogP contribution in [0, 0.1) is 6.92 Å². The van der Waals surface area contributed by atoms with Crippen LogP contribution in [0.15, 0.2) is 34.6 Å². The highest BCUT2D eigenvalue weighted by atomic mass is 32.1. The molecule has 0 aliphatic heterocycles. The SMILES string of the molecule is CCCC(=O)Nc1cccc(CNC(=NC)N(C)Cc2csc(C)n2)c1. The van der Waals surface area contributed by atoms with Gasteiger partial charge in [0.15, 0.2) is 5.96 Å². The minimum absolute atomic E-state index is 0.0479. The van der Waals surface area contributed by atoms with Crippen molar-refractivity contribution in [3.05, 3.63) is 45.9 Å². The number of carbonyl (C=O) groups is 1. The largest absolute Gasteiger partial charge is 0.352 e. The summed E-state index contributed by atoms with van der Waals surface area (Å²) in [4.78, 5) is 22.6. The molecule has 2 N–H and O–H groups in total. The molecular weight excluding hydrogens is 346 g/mol. The van der Waals surface area contributed by atoms with Crippen molar-refractivity contribution in [1.29, 1.82) is 0 Å². The van der Waals surface area contributed by atoms with E-state index in [0.29, 0.717) is 19.5 Å². The molecule has 0 fully saturated rings. The van der Waals surface area contributed by atoms with Crippen LogP contribution < -0.4 is 10.6 Å². The van der Waals surface area contributed by atoms with Gasteiger partial charge in [-0.15, -0.1) is 11.3 Å². The first kappa shape index (κ1) is 19.9. The average Bonchev–Trinajstić information content (AvgIpc) is 3.00. The fourth-order valence-electron chi connectivity index (χ4n) is 2.57. The third kappa shape index (κ3) is 6.15. The van der Waals surface area contributed by atoms with Crippen LogP contribution in [0.25, 0.3) is 0 Å². The van der Waals surface area contributed by atoms with E-state index in [-0.39, 0.29) is 5.91 Å². The van der Waals surface area contributed by atoms with Crippen LogP contribution >= 0.6 is 11.3 Å². The highest BCUT2D eigenvalue weighted by Crippen LogP contribution is 2.12. The van der Waals surface area contributed by atoms with Gasteiger partial charge in [-0.25, -0.2) is 4.98 Å². The van der Waals surface area contributed by atoms with Crippen LogP contribution in [0.5, 0.6) is 0 Å². The standard InChI is InChI=1S/C19H27N5OS/c1-5-7-18(25)23-16-9-6-8-15(10-16)11-21-19(20-3)24(4)12-17-13-26-14(2)22-17/h6,8-10,13H,5,7,11-12H2,1-4H3,(H,20,21)(H,23,25). The van der Waals surface area contributed by atoms with Gasteiger partial charge in [0.1, 0.15) is 0 Å². The van der Waals surface area contributed by atoms with Crippen molar-refractivity contribution in [2.24, 2.45) is 4.99 Å². The number of aromatic nitrogens is 1. The molecule has 0 unspecified atom stereocenters. The Bertz CT molecular complexity index is 756. The Balaban J connectivity index is 1.92. The monoisotopic (exact) mass is 373 g/mol. The van der Waals surface area contributed by atoms with E-state index in [1.807, 2.05) is 50.1 Å². The molecule has 7 heteroatoms. The van der Waals surface area contributed by atoms with E-state index in [4.69, 9.17) is 0 Å². The van der Waals surface area contributed by atoms with Gasteiger partial charge in [-0.2, -0.15) is 0 Å². The van der Waals surface area contributed by atoms with Gasteiger partial charge >= 0.3 is 0 Å². The summed E-state index contributed by atoms with van der Waals surface area (Å²) in [5.74, 6) is 0.850. The Morgan fingerprint density at radius 1 is 1.38 bits per heavy atom. The lowest BCUT2D eigenvalue weighted by molar-refractivity contribution is -0.116. The van der Waals surface area contributed by atoms with Crippen molar-refractivity contribution < 1.29 is 4.79 Å². The number of rotatable bonds is 7. The average molecular weight is 374 g/mol. The number of guanidine groups is 1. The molecule has 2 aromatic rings. The van der Waals surface area contributed by atoms with Crippen LogP contribution in [0.1, 0.15) is 36.0 Å². The Hall–Kier alpha value is -2.41. The maximum atomic E-state index is 11.7. The highest BCUT2D eigenvalue weighted by Gasteiger charge is 2.09. The molecule has 1 aromatic heterocycles. The lowest BCUT2D eigenvalue weighted by Crippen LogP contribution is -2.38. The molecule has 0 saturated carbocycles. The summed E-state index contributed by atoms with van der Waals surface area (Å²) in [7, 11) is 3.76. The summed E-state index contributed by atoms with van der Waals surface area (Å²) in [6.07, 6.45) is 1.38. The summed E-state index contributed by atoms with van der Waals surface area (Å²) in [5.41, 5.74) is 2.95. The second-order valence-electron chi connectivity index (χ2n) is 6.11. The first-order valence-electron chi connectivity index (χ1n) is 8.73. The second kappa shape index (κ2) is 9.91. The summed E-state index contributed by atoms with van der Waals surface area (Å²) in [6.45, 7) is 5.34. The van der Waals surface area contributed by atoms with Crippen molar-refractivity contribution >= 4 is 28.9 Å². The molecule has 0 aliphatic carbocycles. The summed E-state index contributed by atoms with van der Waals surface area (Å²) < 4.78 is 0. The summed E-state index contributed by atoms with van der Waals surface area (Å²) in [6, 6.07) is 7.86. The van der Waals surface area contributed by atoms with Crippen LogP contribution in [0.4, 0.5) is 5.69 Å². The van der Waals surface area contributed by atoms with Crippen LogP contribution in [0.2, 0.25) is 0 Å². The van der Waals surface area contributed by atoms with Gasteiger partial charge in [0.25, 0.3) is 0 Å². The lowest BCUT2D eigenvalue weighted by Gasteiger charge is -2.21. The first-order chi connectivity index (χ1) is 12.5. The van der Waals surface area contributed by atoms with Crippen LogP contribution in [-0.4, -0.2) is 35.8 Å². The first-order valence-corrected chi connectivity index (χ1v) is 9.61. The number of nitrogens with zero attached hydrogens (tertiary/aromatic N) is 3. The van der Waals surface area contributed by atoms with Crippen LogP contribution in [-0.2, 0) is 17.9 Å². The quantitative estimate of drug-likeness (QED) is 0.576. The number of nitrogens with one attached hydrogen (secondary N) is 2. The van der Waals surface area contributed by atoms with Crippen molar-refractivity contribution in [1.82, 2.24) is 15.2 Å². The zero-order valence-corrected chi connectivity index (χ0v) is 16.7. The molecule has 1 amide bonds. The lowest BCUT2D eigenvalue weighted by atomic mass is 10.2. The molecule has 2 rings (SSSR count). The van der Waals surface area contributed by atoms with Crippen LogP contribution in [0.3, 0.4) is 0 Å². The molecule has 0 atom stereocenters. The van der Waals surface area contributed by atoms with E-state index in [0.717, 1.165) is 34.3 Å². The minimum atomic E-state index is 0.0479. The van der Waals surface area contributed by atoms with Gasteiger partial charge in [-0.05, 0) is 31.0 Å². The third-order valence-electron chi connectivity index (χ3n) is 3.78. The van der Waals surface area contributed by atoms with Gasteiger partial charge in [0, 0.05) is 38.1 Å². The van der Waals surface area contributed by atoms with Crippen molar-refractivity contribution in [2.45, 2.75) is 39.8 Å². The van der Waals surface area contributed by atoms with E-state index >= 15 is 0 Å². The Labute approximate surface area is 159 Å². The molecule has 0 saturated heterocycles. The Morgan fingerprint density at radius 3 is 2.85 bits per heavy atom. The summed E-state index contributed by atoms with van der Waals surface area (Å²) in [5, 5.41) is 9.42. The summed E-state index contributed by atoms with van der Waals surface area (Å²) >= 11 is 1.65. The number of benzene rings is 1. The Kier molecular flexibility index (Phi) is 7.59. The predicted molar refractivity (Wildman–Crippen MR) is 108 cm³/mol. The van der Waals surface area contributed by atoms with Gasteiger partial charge < -0.3 is 15.5 Å². The molecular formula is C19H27N5OS. The number of carbonyl (C=O) groups excluding carboxylic acids is 1. The molecule has 0 bridgehead atoms. The molecule has 0 aliphatic rings. The zero-order chi connectivity index (χ0) is 18.9. The number of aryl methyl sites for hydroxylation is 1. The molecule has 140 valence electrons. The number of thiazole rings is 1. The van der Waals surface area contributed by atoms with Gasteiger partial charge in [0.2, 0.25) is 5.91 Å². The molecule has 1 aromatic carbocycles. The maximum absolute atomic E-state index is 11.7. The van der Waals surface area contributed by atoms with E-state index < -0.39 is 0 Å². The number of amides is 1. The van der Waals surface area contributed by atoms with Crippen molar-refractivity contribution in [2.75, 3.05) is 19.4 Å². The van der Waals surface area contributed by atoms with Gasteiger partial charge in [-0.1, -0.05) is 19.1 Å². The molecule has 26 heavy (non-hydrogen) atoms. The van der Waals surface area contributed by atoms with E-state index in [1.165, 1.54) is 0 Å². The zero-order valence-electron chi connectivity index (χ0n) is 15.9. The molecule has 0 radical (unpaired) electrons. The fourth-order valence-corrected chi connectivity index (χ4v) is 3.18. The Morgan fingerprint density at radius 2 is 2.19 bits per heavy atom. The predicted octanol–water partition coefficient (Wildman–Crippen LogP) is 3.40. The maximum Gasteiger partial charge on any atom is 0.224 e.